The molecule has 5 nitrogen and oxygen atoms in total. The predicted molar refractivity (Wildman–Crippen MR) is 85.8 cm³/mol. The highest BCUT2D eigenvalue weighted by Crippen LogP contribution is 2.33. The topological polar surface area (TPSA) is 71.1 Å². The number of aromatic nitrogens is 1. The zero-order chi connectivity index (χ0) is 15.4. The Morgan fingerprint density at radius 3 is 2.86 bits per heavy atom. The number of carbonyl (C=O) groups is 2. The summed E-state index contributed by atoms with van der Waals surface area (Å²) < 4.78 is 0. The molecule has 0 bridgehead atoms. The number of rotatable bonds is 5. The van der Waals surface area contributed by atoms with Crippen molar-refractivity contribution in [3.63, 3.8) is 0 Å². The van der Waals surface area contributed by atoms with E-state index in [4.69, 9.17) is 4.98 Å². The van der Waals surface area contributed by atoms with Crippen LogP contribution in [0.5, 0.6) is 0 Å². The van der Waals surface area contributed by atoms with Gasteiger partial charge in [0.25, 0.3) is 0 Å². The maximum absolute atomic E-state index is 11.9. The highest BCUT2D eigenvalue weighted by Gasteiger charge is 2.26. The molecule has 2 amide bonds. The molecule has 6 heteroatoms. The van der Waals surface area contributed by atoms with Crippen molar-refractivity contribution in [3.05, 3.63) is 16.1 Å². The molecule has 1 aliphatic carbocycles. The van der Waals surface area contributed by atoms with Crippen LogP contribution in [0.25, 0.3) is 0 Å². The molecule has 1 aromatic rings. The minimum absolute atomic E-state index is 0.0304. The van der Waals surface area contributed by atoms with E-state index in [0.29, 0.717) is 25.3 Å². The number of hydrogen-bond donors (Lipinski definition) is 2. The van der Waals surface area contributed by atoms with Crippen molar-refractivity contribution in [2.24, 2.45) is 0 Å². The summed E-state index contributed by atoms with van der Waals surface area (Å²) in [5, 5.41) is 8.86. The lowest BCUT2D eigenvalue weighted by molar-refractivity contribution is -0.125. The number of carbonyl (C=O) groups excluding carboxylic acids is 2. The van der Waals surface area contributed by atoms with Gasteiger partial charge in [0.1, 0.15) is 6.04 Å². The van der Waals surface area contributed by atoms with E-state index in [9.17, 15) is 9.59 Å². The van der Waals surface area contributed by atoms with Gasteiger partial charge in [0.05, 0.1) is 10.7 Å². The summed E-state index contributed by atoms with van der Waals surface area (Å²) in [6, 6.07) is -0.346. The minimum Gasteiger partial charge on any atom is -0.354 e. The van der Waals surface area contributed by atoms with Crippen LogP contribution in [0.15, 0.2) is 5.38 Å². The summed E-state index contributed by atoms with van der Waals surface area (Å²) in [4.78, 5) is 27.7. The zero-order valence-electron chi connectivity index (χ0n) is 12.8. The van der Waals surface area contributed by atoms with Crippen LogP contribution in [-0.4, -0.2) is 29.4 Å². The monoisotopic (exact) mass is 321 g/mol. The molecule has 1 saturated heterocycles. The second-order valence-electron chi connectivity index (χ2n) is 6.20. The minimum atomic E-state index is -0.346. The summed E-state index contributed by atoms with van der Waals surface area (Å²) in [7, 11) is 0. The van der Waals surface area contributed by atoms with E-state index in [1.54, 1.807) is 11.3 Å². The molecule has 1 unspecified atom stereocenters. The summed E-state index contributed by atoms with van der Waals surface area (Å²) in [5.74, 6) is 0.536. The van der Waals surface area contributed by atoms with Crippen molar-refractivity contribution in [2.45, 2.75) is 63.3 Å². The van der Waals surface area contributed by atoms with Gasteiger partial charge in [-0.2, -0.15) is 0 Å². The fraction of sp³-hybridized carbons (Fsp3) is 0.688. The Morgan fingerprint density at radius 2 is 2.14 bits per heavy atom. The van der Waals surface area contributed by atoms with E-state index < -0.39 is 0 Å². The average molecular weight is 321 g/mol. The molecule has 2 heterocycles. The van der Waals surface area contributed by atoms with Gasteiger partial charge >= 0.3 is 0 Å². The molecule has 2 aliphatic rings. The van der Waals surface area contributed by atoms with Gasteiger partial charge in [-0.25, -0.2) is 4.98 Å². The van der Waals surface area contributed by atoms with Crippen LogP contribution in [0, 0.1) is 0 Å². The van der Waals surface area contributed by atoms with Crippen LogP contribution >= 0.6 is 11.3 Å². The SMILES string of the molecule is O=C1CCC(C(=O)NCCc2nc(C3CCCCC3)cs2)N1. The van der Waals surface area contributed by atoms with Gasteiger partial charge in [0.2, 0.25) is 11.8 Å². The van der Waals surface area contributed by atoms with Crippen LogP contribution in [0.3, 0.4) is 0 Å². The Hall–Kier alpha value is -1.43. The first kappa shape index (κ1) is 15.5. The summed E-state index contributed by atoms with van der Waals surface area (Å²) in [6.07, 6.45) is 8.36. The smallest absolute Gasteiger partial charge is 0.242 e. The van der Waals surface area contributed by atoms with Gasteiger partial charge in [-0.05, 0) is 19.3 Å². The second kappa shape index (κ2) is 7.22. The quantitative estimate of drug-likeness (QED) is 0.873. The molecule has 0 aromatic carbocycles. The third kappa shape index (κ3) is 3.85. The largest absolute Gasteiger partial charge is 0.354 e. The van der Waals surface area contributed by atoms with Gasteiger partial charge in [0, 0.05) is 30.7 Å². The first-order valence-corrected chi connectivity index (χ1v) is 9.12. The van der Waals surface area contributed by atoms with E-state index in [2.05, 4.69) is 16.0 Å². The van der Waals surface area contributed by atoms with E-state index >= 15 is 0 Å². The zero-order valence-corrected chi connectivity index (χ0v) is 13.6. The van der Waals surface area contributed by atoms with Gasteiger partial charge in [0.15, 0.2) is 0 Å². The Labute approximate surface area is 134 Å². The van der Waals surface area contributed by atoms with Crippen LogP contribution in [0.4, 0.5) is 0 Å². The molecule has 0 spiro atoms. The third-order valence-corrected chi connectivity index (χ3v) is 5.47. The first-order chi connectivity index (χ1) is 10.7. The third-order valence-electron chi connectivity index (χ3n) is 4.54. The van der Waals surface area contributed by atoms with Crippen LogP contribution in [0.1, 0.15) is 61.6 Å². The molecule has 1 aromatic heterocycles. The predicted octanol–water partition coefficient (Wildman–Crippen LogP) is 2.13. The van der Waals surface area contributed by atoms with Crippen molar-refractivity contribution in [2.75, 3.05) is 6.54 Å². The highest BCUT2D eigenvalue weighted by molar-refractivity contribution is 7.09. The number of amides is 2. The van der Waals surface area contributed by atoms with E-state index in [0.717, 1.165) is 11.4 Å². The van der Waals surface area contributed by atoms with E-state index in [-0.39, 0.29) is 17.9 Å². The van der Waals surface area contributed by atoms with Crippen LogP contribution < -0.4 is 10.6 Å². The normalized spacial score (nSPS) is 22.5. The van der Waals surface area contributed by atoms with Gasteiger partial charge in [-0.3, -0.25) is 9.59 Å². The Bertz CT molecular complexity index is 537. The van der Waals surface area contributed by atoms with Crippen molar-refractivity contribution in [3.8, 4) is 0 Å². The molecule has 0 radical (unpaired) electrons. The van der Waals surface area contributed by atoms with Crippen molar-refractivity contribution >= 4 is 23.2 Å². The molecule has 2 fully saturated rings. The number of hydrogen-bond acceptors (Lipinski definition) is 4. The van der Waals surface area contributed by atoms with Crippen molar-refractivity contribution < 1.29 is 9.59 Å². The number of nitrogens with one attached hydrogen (secondary N) is 2. The van der Waals surface area contributed by atoms with Crippen molar-refractivity contribution in [1.29, 1.82) is 0 Å². The maximum atomic E-state index is 11.9. The lowest BCUT2D eigenvalue weighted by atomic mass is 9.87. The summed E-state index contributed by atoms with van der Waals surface area (Å²) in [5.41, 5.74) is 1.24. The van der Waals surface area contributed by atoms with Crippen LogP contribution in [-0.2, 0) is 16.0 Å². The van der Waals surface area contributed by atoms with Gasteiger partial charge in [-0.15, -0.1) is 11.3 Å². The molecule has 1 saturated carbocycles. The summed E-state index contributed by atoms with van der Waals surface area (Å²) in [6.45, 7) is 0.586. The molecular formula is C16H23N3O2S. The second-order valence-corrected chi connectivity index (χ2v) is 7.14. The first-order valence-electron chi connectivity index (χ1n) is 8.24. The van der Waals surface area contributed by atoms with E-state index in [1.807, 2.05) is 0 Å². The summed E-state index contributed by atoms with van der Waals surface area (Å²) >= 11 is 1.70. The number of thiazole rings is 1. The molecule has 2 N–H and O–H groups in total. The lowest BCUT2D eigenvalue weighted by Gasteiger charge is -2.19. The van der Waals surface area contributed by atoms with Gasteiger partial charge in [-0.1, -0.05) is 19.3 Å². The average Bonchev–Trinajstić information content (AvgIpc) is 3.17. The molecule has 120 valence electrons. The molecule has 1 atom stereocenters. The Balaban J connectivity index is 1.43. The maximum Gasteiger partial charge on any atom is 0.242 e. The molecule has 22 heavy (non-hydrogen) atoms. The van der Waals surface area contributed by atoms with Gasteiger partial charge < -0.3 is 10.6 Å². The standard InChI is InChI=1S/C16H23N3O2S/c20-14-7-6-12(18-14)16(21)17-9-8-15-19-13(10-22-15)11-4-2-1-3-5-11/h10-12H,1-9H2,(H,17,21)(H,18,20). The Kier molecular flexibility index (Phi) is 5.08. The Morgan fingerprint density at radius 1 is 1.32 bits per heavy atom. The van der Waals surface area contributed by atoms with E-state index in [1.165, 1.54) is 37.8 Å². The number of nitrogens with zero attached hydrogens (tertiary/aromatic N) is 1. The molecule has 1 aliphatic heterocycles. The van der Waals surface area contributed by atoms with Crippen molar-refractivity contribution in [1.82, 2.24) is 15.6 Å². The lowest BCUT2D eigenvalue weighted by Crippen LogP contribution is -2.42. The fourth-order valence-corrected chi connectivity index (χ4v) is 4.13. The molecular weight excluding hydrogens is 298 g/mol. The molecule has 3 rings (SSSR count). The van der Waals surface area contributed by atoms with Crippen LogP contribution in [0.2, 0.25) is 0 Å². The fourth-order valence-electron chi connectivity index (χ4n) is 3.25. The highest BCUT2D eigenvalue weighted by atomic mass is 32.1.